The smallest absolute Gasteiger partial charge is 0.306 e. The second-order valence-electron chi connectivity index (χ2n) is 9.62. The molecule has 1 aromatic carbocycles. The molecule has 0 radical (unpaired) electrons. The Morgan fingerprint density at radius 3 is 2.46 bits per heavy atom. The lowest BCUT2D eigenvalue weighted by Gasteiger charge is -2.12. The fourth-order valence-corrected chi connectivity index (χ4v) is 3.86. The van der Waals surface area contributed by atoms with Gasteiger partial charge in [-0.1, -0.05) is 38.1 Å². The van der Waals surface area contributed by atoms with Crippen LogP contribution >= 0.6 is 0 Å². The molecule has 1 amide bonds. The van der Waals surface area contributed by atoms with E-state index in [2.05, 4.69) is 39.1 Å². The van der Waals surface area contributed by atoms with E-state index in [-0.39, 0.29) is 42.0 Å². The highest BCUT2D eigenvalue weighted by Crippen LogP contribution is 2.17. The minimum absolute atomic E-state index is 0.0699. The van der Waals surface area contributed by atoms with Crippen molar-refractivity contribution >= 4 is 28.8 Å². The van der Waals surface area contributed by atoms with Gasteiger partial charge in [-0.2, -0.15) is 0 Å². The van der Waals surface area contributed by atoms with Gasteiger partial charge in [0, 0.05) is 24.9 Å². The topological polar surface area (TPSA) is 155 Å². The molecular weight excluding hydrogens is 474 g/mol. The van der Waals surface area contributed by atoms with Crippen LogP contribution in [-0.2, 0) is 22.4 Å². The Morgan fingerprint density at radius 2 is 1.78 bits per heavy atom. The number of aromatic amines is 1. The fraction of sp³-hybridized carbons (Fsp3) is 0.444. The molecule has 0 saturated heterocycles. The van der Waals surface area contributed by atoms with Gasteiger partial charge in [-0.15, -0.1) is 0 Å². The van der Waals surface area contributed by atoms with Crippen LogP contribution in [-0.4, -0.2) is 49.2 Å². The lowest BCUT2D eigenvalue weighted by molar-refractivity contribution is -0.142. The third-order valence-electron chi connectivity index (χ3n) is 6.08. The van der Waals surface area contributed by atoms with Gasteiger partial charge >= 0.3 is 5.97 Å². The Bertz CT molecular complexity index is 1320. The van der Waals surface area contributed by atoms with E-state index in [1.165, 1.54) is 0 Å². The molecule has 196 valence electrons. The van der Waals surface area contributed by atoms with Crippen LogP contribution < -0.4 is 10.9 Å². The molecule has 2 aromatic heterocycles. The fourth-order valence-electron chi connectivity index (χ4n) is 3.86. The van der Waals surface area contributed by atoms with E-state index in [1.54, 1.807) is 25.3 Å². The maximum absolute atomic E-state index is 12.7. The van der Waals surface area contributed by atoms with Crippen molar-refractivity contribution in [3.8, 4) is 0 Å². The minimum atomic E-state index is -1.08. The SMILES string of the molecule is Cc1nc2ncc(CCc3ccc(C(=O)C[C@H](CCC(=O)NCCC(C)C)C(=O)O)cc3)nc2c(=O)[nH]1. The number of nitrogens with one attached hydrogen (secondary N) is 2. The summed E-state index contributed by atoms with van der Waals surface area (Å²) in [5, 5.41) is 12.3. The molecule has 1 atom stereocenters. The molecule has 37 heavy (non-hydrogen) atoms. The summed E-state index contributed by atoms with van der Waals surface area (Å²) in [6.45, 7) is 6.36. The van der Waals surface area contributed by atoms with E-state index >= 15 is 0 Å². The second-order valence-corrected chi connectivity index (χ2v) is 9.62. The second kappa shape index (κ2) is 12.8. The number of hydrogen-bond acceptors (Lipinski definition) is 7. The van der Waals surface area contributed by atoms with Crippen LogP contribution in [0.1, 0.15) is 67.0 Å². The predicted molar refractivity (Wildman–Crippen MR) is 138 cm³/mol. The van der Waals surface area contributed by atoms with Crippen LogP contribution in [0.4, 0.5) is 0 Å². The largest absolute Gasteiger partial charge is 0.481 e. The summed E-state index contributed by atoms with van der Waals surface area (Å²) in [7, 11) is 0. The molecule has 0 unspecified atom stereocenters. The molecule has 2 heterocycles. The highest BCUT2D eigenvalue weighted by Gasteiger charge is 2.23. The number of amides is 1. The van der Waals surface area contributed by atoms with Gasteiger partial charge in [0.05, 0.1) is 17.8 Å². The Kier molecular flexibility index (Phi) is 9.59. The Morgan fingerprint density at radius 1 is 1.05 bits per heavy atom. The van der Waals surface area contributed by atoms with Crippen molar-refractivity contribution < 1.29 is 19.5 Å². The summed E-state index contributed by atoms with van der Waals surface area (Å²) < 4.78 is 0. The monoisotopic (exact) mass is 507 g/mol. The number of carboxylic acid groups (broad SMARTS) is 1. The van der Waals surface area contributed by atoms with Gasteiger partial charge in [0.15, 0.2) is 16.9 Å². The predicted octanol–water partition coefficient (Wildman–Crippen LogP) is 3.02. The highest BCUT2D eigenvalue weighted by atomic mass is 16.4. The summed E-state index contributed by atoms with van der Waals surface area (Å²) in [5.41, 5.74) is 2.22. The van der Waals surface area contributed by atoms with E-state index in [0.29, 0.717) is 48.0 Å². The van der Waals surface area contributed by atoms with Gasteiger partial charge in [-0.3, -0.25) is 19.2 Å². The van der Waals surface area contributed by atoms with Gasteiger partial charge in [0.2, 0.25) is 5.91 Å². The maximum Gasteiger partial charge on any atom is 0.306 e. The molecule has 3 N–H and O–H groups in total. The van der Waals surface area contributed by atoms with Crippen LogP contribution in [0.15, 0.2) is 35.3 Å². The molecule has 0 aliphatic rings. The number of Topliss-reactive ketones (excluding diaryl/α,β-unsaturated/α-hetero) is 1. The Hall–Kier alpha value is -3.95. The molecule has 10 heteroatoms. The maximum atomic E-state index is 12.7. The molecule has 0 fully saturated rings. The third kappa shape index (κ3) is 8.30. The Labute approximate surface area is 215 Å². The number of carbonyl (C=O) groups excluding carboxylic acids is 2. The summed E-state index contributed by atoms with van der Waals surface area (Å²) in [6.07, 6.45) is 3.64. The molecular formula is C27H33N5O5. The van der Waals surface area contributed by atoms with Crippen LogP contribution in [0.5, 0.6) is 0 Å². The first-order valence-corrected chi connectivity index (χ1v) is 12.5. The van der Waals surface area contributed by atoms with Gasteiger partial charge in [0.25, 0.3) is 5.56 Å². The molecule has 0 saturated carbocycles. The number of aliphatic carboxylic acids is 1. The van der Waals surface area contributed by atoms with Gasteiger partial charge in [-0.05, 0) is 44.1 Å². The highest BCUT2D eigenvalue weighted by molar-refractivity contribution is 5.98. The van der Waals surface area contributed by atoms with Gasteiger partial charge in [0.1, 0.15) is 5.82 Å². The van der Waals surface area contributed by atoms with Gasteiger partial charge < -0.3 is 15.4 Å². The number of nitrogens with zero attached hydrogens (tertiary/aromatic N) is 3. The number of carboxylic acids is 1. The first-order valence-electron chi connectivity index (χ1n) is 12.5. The van der Waals surface area contributed by atoms with Crippen LogP contribution in [0.25, 0.3) is 11.2 Å². The molecule has 0 aliphatic heterocycles. The van der Waals surface area contributed by atoms with Crippen molar-refractivity contribution in [1.29, 1.82) is 0 Å². The first-order chi connectivity index (χ1) is 17.6. The van der Waals surface area contributed by atoms with E-state index in [9.17, 15) is 24.3 Å². The average Bonchev–Trinajstić information content (AvgIpc) is 2.85. The number of hydrogen-bond donors (Lipinski definition) is 3. The summed E-state index contributed by atoms with van der Waals surface area (Å²) in [6, 6.07) is 6.99. The summed E-state index contributed by atoms with van der Waals surface area (Å²) >= 11 is 0. The van der Waals surface area contributed by atoms with Crippen LogP contribution in [0.3, 0.4) is 0 Å². The van der Waals surface area contributed by atoms with E-state index in [1.807, 2.05) is 12.1 Å². The van der Waals surface area contributed by atoms with Crippen molar-refractivity contribution in [2.24, 2.45) is 11.8 Å². The minimum Gasteiger partial charge on any atom is -0.481 e. The summed E-state index contributed by atoms with van der Waals surface area (Å²) in [5.74, 6) is -1.53. The normalized spacial score (nSPS) is 12.0. The van der Waals surface area contributed by atoms with Crippen molar-refractivity contribution in [2.75, 3.05) is 6.54 Å². The molecule has 3 aromatic rings. The quantitative estimate of drug-likeness (QED) is 0.298. The number of aryl methyl sites for hydroxylation is 3. The third-order valence-corrected chi connectivity index (χ3v) is 6.08. The number of carbonyl (C=O) groups is 3. The van der Waals surface area contributed by atoms with Gasteiger partial charge in [-0.25, -0.2) is 15.0 Å². The van der Waals surface area contributed by atoms with Crippen molar-refractivity contribution in [2.45, 2.75) is 59.3 Å². The van der Waals surface area contributed by atoms with Crippen LogP contribution in [0, 0.1) is 18.8 Å². The molecule has 0 spiro atoms. The van der Waals surface area contributed by atoms with E-state index < -0.39 is 11.9 Å². The van der Waals surface area contributed by atoms with Crippen molar-refractivity contribution in [3.05, 3.63) is 63.5 Å². The lowest BCUT2D eigenvalue weighted by atomic mass is 9.93. The number of ketones is 1. The van der Waals surface area contributed by atoms with Crippen molar-refractivity contribution in [3.63, 3.8) is 0 Å². The number of H-pyrrole nitrogens is 1. The number of fused-ring (bicyclic) bond motifs is 1. The summed E-state index contributed by atoms with van der Waals surface area (Å²) in [4.78, 5) is 63.8. The van der Waals surface area contributed by atoms with E-state index in [4.69, 9.17) is 0 Å². The first kappa shape index (κ1) is 27.6. The number of rotatable bonds is 13. The zero-order valence-corrected chi connectivity index (χ0v) is 21.4. The Balaban J connectivity index is 1.53. The van der Waals surface area contributed by atoms with Crippen LogP contribution in [0.2, 0.25) is 0 Å². The standard InChI is InChI=1S/C27H33N5O5/c1-16(2)12-13-28-23(34)11-9-20(27(36)37)14-22(33)19-7-4-18(5-8-19)6-10-21-15-29-25-24(32-21)26(35)31-17(3)30-25/h4-5,7-8,15-16,20H,6,9-14H2,1-3H3,(H,28,34)(H,36,37)(H,29,30,31,35)/t20-/m0/s1. The zero-order valence-electron chi connectivity index (χ0n) is 21.4. The van der Waals surface area contributed by atoms with E-state index in [0.717, 1.165) is 12.0 Å². The number of aromatic nitrogens is 4. The van der Waals surface area contributed by atoms with Crippen molar-refractivity contribution in [1.82, 2.24) is 25.3 Å². The molecule has 0 aliphatic carbocycles. The molecule has 3 rings (SSSR count). The number of benzene rings is 1. The zero-order chi connectivity index (χ0) is 26.9. The average molecular weight is 508 g/mol. The molecule has 10 nitrogen and oxygen atoms in total. The lowest BCUT2D eigenvalue weighted by Crippen LogP contribution is -2.27. The molecule has 0 bridgehead atoms.